The molecule has 4 nitrogen and oxygen atoms in total. The molecule has 0 spiro atoms. The lowest BCUT2D eigenvalue weighted by Crippen LogP contribution is -2.45. The standard InChI is InChI=1S/C11H27NO3Si3/c1-7-11(13)12-9-8-10-16-14-18(5,6)15-17(2,3)4/h7H,1,8-10,16H2,2-6H3,(H,12,13). The maximum atomic E-state index is 10.9. The van der Waals surface area contributed by atoms with Gasteiger partial charge >= 0.3 is 8.56 Å². The summed E-state index contributed by atoms with van der Waals surface area (Å²) in [6, 6.07) is 1.07. The fourth-order valence-corrected chi connectivity index (χ4v) is 11.3. The molecule has 0 saturated heterocycles. The second-order valence-electron chi connectivity index (χ2n) is 5.66. The Hall–Kier alpha value is -0.219. The molecule has 0 aliphatic heterocycles. The summed E-state index contributed by atoms with van der Waals surface area (Å²) in [6.07, 6.45) is 2.27. The van der Waals surface area contributed by atoms with Crippen molar-refractivity contribution in [1.29, 1.82) is 0 Å². The number of amides is 1. The molecule has 7 heteroatoms. The van der Waals surface area contributed by atoms with Gasteiger partial charge in [0.15, 0.2) is 8.32 Å². The highest BCUT2D eigenvalue weighted by Crippen LogP contribution is 2.14. The van der Waals surface area contributed by atoms with Crippen molar-refractivity contribution in [3.8, 4) is 0 Å². The number of nitrogens with one attached hydrogen (secondary N) is 1. The van der Waals surface area contributed by atoms with Crippen LogP contribution in [0.2, 0.25) is 38.8 Å². The largest absolute Gasteiger partial charge is 0.442 e. The van der Waals surface area contributed by atoms with Crippen LogP contribution in [0.15, 0.2) is 12.7 Å². The first-order chi connectivity index (χ1) is 8.16. The van der Waals surface area contributed by atoms with Crippen LogP contribution in [0.1, 0.15) is 6.42 Å². The first-order valence-corrected chi connectivity index (χ1v) is 14.2. The zero-order valence-electron chi connectivity index (χ0n) is 12.3. The highest BCUT2D eigenvalue weighted by molar-refractivity contribution is 6.82. The van der Waals surface area contributed by atoms with Gasteiger partial charge in [-0.3, -0.25) is 4.79 Å². The van der Waals surface area contributed by atoms with Crippen molar-refractivity contribution in [2.24, 2.45) is 0 Å². The van der Waals surface area contributed by atoms with Gasteiger partial charge in [0, 0.05) is 6.54 Å². The number of rotatable bonds is 9. The van der Waals surface area contributed by atoms with Gasteiger partial charge in [-0.1, -0.05) is 6.58 Å². The van der Waals surface area contributed by atoms with E-state index in [1.54, 1.807) is 0 Å². The molecule has 0 heterocycles. The SMILES string of the molecule is C=CC(=O)NCCC[SiH2]O[Si](C)(C)O[Si](C)(C)C. The second-order valence-corrected chi connectivity index (χ2v) is 15.8. The average Bonchev–Trinajstić information content (AvgIpc) is 2.19. The third kappa shape index (κ3) is 10.9. The van der Waals surface area contributed by atoms with Crippen LogP contribution in [0.5, 0.6) is 0 Å². The van der Waals surface area contributed by atoms with Crippen molar-refractivity contribution in [3.63, 3.8) is 0 Å². The van der Waals surface area contributed by atoms with Crippen LogP contribution in [-0.4, -0.2) is 39.1 Å². The maximum Gasteiger partial charge on any atom is 0.310 e. The molecule has 0 aliphatic rings. The fourth-order valence-electron chi connectivity index (χ4n) is 1.60. The zero-order valence-corrected chi connectivity index (χ0v) is 15.8. The van der Waals surface area contributed by atoms with Crippen LogP contribution in [0.3, 0.4) is 0 Å². The van der Waals surface area contributed by atoms with Gasteiger partial charge < -0.3 is 13.5 Å². The van der Waals surface area contributed by atoms with Crippen molar-refractivity contribution in [3.05, 3.63) is 12.7 Å². The van der Waals surface area contributed by atoms with Gasteiger partial charge in [-0.05, 0) is 51.3 Å². The highest BCUT2D eigenvalue weighted by Gasteiger charge is 2.30. The molecular formula is C11H27NO3Si3. The molecule has 18 heavy (non-hydrogen) atoms. The van der Waals surface area contributed by atoms with E-state index in [0.29, 0.717) is 6.54 Å². The predicted molar refractivity (Wildman–Crippen MR) is 84.2 cm³/mol. The van der Waals surface area contributed by atoms with E-state index in [4.69, 9.17) is 8.23 Å². The minimum Gasteiger partial charge on any atom is -0.442 e. The third-order valence-electron chi connectivity index (χ3n) is 2.06. The van der Waals surface area contributed by atoms with E-state index in [0.717, 1.165) is 12.5 Å². The number of carbonyl (C=O) groups excluding carboxylic acids is 1. The molecule has 0 aromatic rings. The van der Waals surface area contributed by atoms with E-state index in [9.17, 15) is 4.79 Å². The van der Waals surface area contributed by atoms with Gasteiger partial charge in [0.2, 0.25) is 5.91 Å². The summed E-state index contributed by atoms with van der Waals surface area (Å²) in [4.78, 5) is 10.9. The molecule has 0 aliphatic carbocycles. The first-order valence-electron chi connectivity index (χ1n) is 6.41. The Morgan fingerprint density at radius 1 is 1.33 bits per heavy atom. The normalized spacial score (nSPS) is 12.9. The Balaban J connectivity index is 3.65. The summed E-state index contributed by atoms with van der Waals surface area (Å²) >= 11 is 0. The van der Waals surface area contributed by atoms with E-state index in [-0.39, 0.29) is 5.91 Å². The minimum atomic E-state index is -1.91. The molecular weight excluding hydrogens is 278 g/mol. The lowest BCUT2D eigenvalue weighted by Gasteiger charge is -2.31. The van der Waals surface area contributed by atoms with Gasteiger partial charge in [-0.15, -0.1) is 0 Å². The van der Waals surface area contributed by atoms with E-state index < -0.39 is 26.6 Å². The van der Waals surface area contributed by atoms with E-state index in [1.165, 1.54) is 6.08 Å². The topological polar surface area (TPSA) is 47.6 Å². The van der Waals surface area contributed by atoms with Gasteiger partial charge in [0.1, 0.15) is 9.76 Å². The fraction of sp³-hybridized carbons (Fsp3) is 0.727. The summed E-state index contributed by atoms with van der Waals surface area (Å²) in [5.74, 6) is -0.102. The van der Waals surface area contributed by atoms with Crippen LogP contribution in [0, 0.1) is 0 Å². The quantitative estimate of drug-likeness (QED) is 0.401. The Labute approximate surface area is 115 Å². The van der Waals surface area contributed by atoms with Crippen molar-refractivity contribution >= 4 is 32.5 Å². The summed E-state index contributed by atoms with van der Waals surface area (Å²) in [5, 5.41) is 2.76. The predicted octanol–water partition coefficient (Wildman–Crippen LogP) is 1.75. The molecule has 1 N–H and O–H groups in total. The van der Waals surface area contributed by atoms with Crippen LogP contribution in [0.4, 0.5) is 0 Å². The van der Waals surface area contributed by atoms with Gasteiger partial charge in [0.05, 0.1) is 0 Å². The average molecular weight is 306 g/mol. The third-order valence-corrected chi connectivity index (χ3v) is 10.9. The second kappa shape index (κ2) is 8.05. The molecule has 1 amide bonds. The summed E-state index contributed by atoms with van der Waals surface area (Å²) in [7, 11) is -3.94. The number of hydrogen-bond acceptors (Lipinski definition) is 3. The van der Waals surface area contributed by atoms with Gasteiger partial charge in [0.25, 0.3) is 0 Å². The molecule has 0 aromatic heterocycles. The molecule has 0 unspecified atom stereocenters. The van der Waals surface area contributed by atoms with Crippen molar-refractivity contribution in [2.75, 3.05) is 6.54 Å². The minimum absolute atomic E-state index is 0.102. The van der Waals surface area contributed by atoms with Crippen molar-refractivity contribution < 1.29 is 13.0 Å². The van der Waals surface area contributed by atoms with E-state index >= 15 is 0 Å². The zero-order chi connectivity index (χ0) is 14.2. The molecule has 0 bridgehead atoms. The maximum absolute atomic E-state index is 10.9. The lowest BCUT2D eigenvalue weighted by molar-refractivity contribution is -0.116. The summed E-state index contributed by atoms with van der Waals surface area (Å²) < 4.78 is 12.1. The molecule has 0 aromatic carbocycles. The van der Waals surface area contributed by atoms with Gasteiger partial charge in [-0.25, -0.2) is 0 Å². The van der Waals surface area contributed by atoms with Crippen LogP contribution in [0.25, 0.3) is 0 Å². The Kier molecular flexibility index (Phi) is 7.95. The Morgan fingerprint density at radius 2 is 1.94 bits per heavy atom. The number of hydrogen-bond donors (Lipinski definition) is 1. The van der Waals surface area contributed by atoms with Crippen molar-refractivity contribution in [1.82, 2.24) is 5.32 Å². The van der Waals surface area contributed by atoms with Crippen LogP contribution >= 0.6 is 0 Å². The Bertz CT molecular complexity index is 277. The summed E-state index contributed by atoms with van der Waals surface area (Å²) in [6.45, 7) is 14.9. The highest BCUT2D eigenvalue weighted by atomic mass is 28.5. The van der Waals surface area contributed by atoms with E-state index in [1.807, 2.05) is 0 Å². The molecule has 0 fully saturated rings. The van der Waals surface area contributed by atoms with E-state index in [2.05, 4.69) is 44.6 Å². The number of carbonyl (C=O) groups is 1. The molecule has 0 radical (unpaired) electrons. The van der Waals surface area contributed by atoms with Crippen LogP contribution < -0.4 is 5.32 Å². The van der Waals surface area contributed by atoms with Crippen molar-refractivity contribution in [2.45, 2.75) is 45.2 Å². The summed E-state index contributed by atoms with van der Waals surface area (Å²) in [5.41, 5.74) is 0. The lowest BCUT2D eigenvalue weighted by atomic mass is 10.4. The first kappa shape index (κ1) is 17.8. The smallest absolute Gasteiger partial charge is 0.310 e. The van der Waals surface area contributed by atoms with Gasteiger partial charge in [-0.2, -0.15) is 0 Å². The Morgan fingerprint density at radius 3 is 2.44 bits per heavy atom. The molecule has 0 saturated carbocycles. The molecule has 106 valence electrons. The van der Waals surface area contributed by atoms with Crippen LogP contribution in [-0.2, 0) is 13.0 Å². The monoisotopic (exact) mass is 305 g/mol. The molecule has 0 atom stereocenters. The molecule has 0 rings (SSSR count).